The number of hydrogen-bond donors (Lipinski definition) is 2. The van der Waals surface area contributed by atoms with Gasteiger partial charge in [-0.3, -0.25) is 9.59 Å². The second kappa shape index (κ2) is 9.09. The van der Waals surface area contributed by atoms with Crippen LogP contribution in [0, 0.1) is 0 Å². The summed E-state index contributed by atoms with van der Waals surface area (Å²) in [5, 5.41) is 2.75. The first kappa shape index (κ1) is 23.2. The van der Waals surface area contributed by atoms with Gasteiger partial charge in [0.25, 0.3) is 0 Å². The van der Waals surface area contributed by atoms with E-state index < -0.39 is 29.4 Å². The van der Waals surface area contributed by atoms with Gasteiger partial charge in [-0.2, -0.15) is 13.2 Å². The molecule has 1 heterocycles. The van der Waals surface area contributed by atoms with Crippen LogP contribution >= 0.6 is 0 Å². The summed E-state index contributed by atoms with van der Waals surface area (Å²) in [6.07, 6.45) is -4.60. The smallest absolute Gasteiger partial charge is 0.419 e. The topological polar surface area (TPSA) is 90.7 Å². The fourth-order valence-corrected chi connectivity index (χ4v) is 3.76. The molecule has 0 bridgehead atoms. The van der Waals surface area contributed by atoms with Gasteiger partial charge in [-0.15, -0.1) is 0 Å². The Morgan fingerprint density at radius 2 is 1.82 bits per heavy atom. The Bertz CT molecular complexity index is 1260. The number of halogens is 3. The van der Waals surface area contributed by atoms with E-state index in [0.717, 1.165) is 11.6 Å². The first-order valence-electron chi connectivity index (χ1n) is 10.5. The number of anilines is 2. The van der Waals surface area contributed by atoms with Crippen LogP contribution in [0.1, 0.15) is 36.0 Å². The van der Waals surface area contributed by atoms with E-state index in [4.69, 9.17) is 15.2 Å². The van der Waals surface area contributed by atoms with Crippen molar-refractivity contribution < 1.29 is 32.2 Å². The maximum atomic E-state index is 13.9. The lowest BCUT2D eigenvalue weighted by atomic mass is 9.92. The van der Waals surface area contributed by atoms with E-state index in [1.807, 2.05) is 0 Å². The van der Waals surface area contributed by atoms with Crippen LogP contribution in [0.2, 0.25) is 0 Å². The number of hydrogen-bond acceptors (Lipinski definition) is 5. The number of benzene rings is 3. The lowest BCUT2D eigenvalue weighted by Gasteiger charge is -2.18. The van der Waals surface area contributed by atoms with Crippen LogP contribution in [0.15, 0.2) is 60.7 Å². The summed E-state index contributed by atoms with van der Waals surface area (Å²) < 4.78 is 52.5. The standard InChI is InChI=1S/C25H21F3N2O4/c1-2-22(31)34-23-18(29)7-5-9-21(23)33-20-11-10-14(13-17(20)25(26,27)28)12-16-15-6-3-4-8-19(15)30-24(16)32/h3-11,13,16H,2,12,29H2,1H3,(H,30,32). The first-order chi connectivity index (χ1) is 16.2. The van der Waals surface area contributed by atoms with E-state index in [2.05, 4.69) is 5.32 Å². The van der Waals surface area contributed by atoms with Crippen molar-refractivity contribution in [2.75, 3.05) is 11.1 Å². The van der Waals surface area contributed by atoms with Gasteiger partial charge in [0.15, 0.2) is 11.5 Å². The van der Waals surface area contributed by atoms with E-state index >= 15 is 0 Å². The van der Waals surface area contributed by atoms with Crippen LogP contribution < -0.4 is 20.5 Å². The van der Waals surface area contributed by atoms with Crippen LogP contribution in [0.5, 0.6) is 17.2 Å². The molecule has 0 fully saturated rings. The van der Waals surface area contributed by atoms with Crippen molar-refractivity contribution in [3.8, 4) is 17.2 Å². The molecule has 176 valence electrons. The Morgan fingerprint density at radius 1 is 1.06 bits per heavy atom. The van der Waals surface area contributed by atoms with Gasteiger partial charge < -0.3 is 20.5 Å². The van der Waals surface area contributed by atoms with Crippen molar-refractivity contribution in [2.24, 2.45) is 0 Å². The third-order valence-corrected chi connectivity index (χ3v) is 5.43. The molecule has 0 aromatic heterocycles. The highest BCUT2D eigenvalue weighted by molar-refractivity contribution is 6.03. The van der Waals surface area contributed by atoms with Gasteiger partial charge in [-0.1, -0.05) is 37.3 Å². The Morgan fingerprint density at radius 3 is 2.56 bits per heavy atom. The molecule has 1 unspecified atom stereocenters. The Balaban J connectivity index is 1.67. The molecule has 4 rings (SSSR count). The SMILES string of the molecule is CCC(=O)Oc1c(N)cccc1Oc1ccc(CC2C(=O)Nc3ccccc32)cc1C(F)(F)F. The number of fused-ring (bicyclic) bond motifs is 1. The Kier molecular flexibility index (Phi) is 6.19. The zero-order chi connectivity index (χ0) is 24.5. The van der Waals surface area contributed by atoms with Gasteiger partial charge in [0.1, 0.15) is 5.75 Å². The van der Waals surface area contributed by atoms with Crippen LogP contribution in [-0.2, 0) is 22.2 Å². The molecule has 1 atom stereocenters. The fourth-order valence-electron chi connectivity index (χ4n) is 3.76. The van der Waals surface area contributed by atoms with Crippen molar-refractivity contribution in [3.63, 3.8) is 0 Å². The Labute approximate surface area is 193 Å². The molecular formula is C25H21F3N2O4. The maximum absolute atomic E-state index is 13.9. The summed E-state index contributed by atoms with van der Waals surface area (Å²) >= 11 is 0. The monoisotopic (exact) mass is 470 g/mol. The lowest BCUT2D eigenvalue weighted by molar-refractivity contribution is -0.139. The average Bonchev–Trinajstić information content (AvgIpc) is 3.11. The lowest BCUT2D eigenvalue weighted by Crippen LogP contribution is -2.15. The Hall–Kier alpha value is -4.01. The van der Waals surface area contributed by atoms with Gasteiger partial charge in [0, 0.05) is 12.1 Å². The highest BCUT2D eigenvalue weighted by atomic mass is 19.4. The molecule has 1 aliphatic rings. The second-order valence-electron chi connectivity index (χ2n) is 7.77. The van der Waals surface area contributed by atoms with E-state index in [9.17, 15) is 22.8 Å². The number of carbonyl (C=O) groups excluding carboxylic acids is 2. The number of nitrogens with one attached hydrogen (secondary N) is 1. The molecule has 1 aliphatic heterocycles. The molecule has 34 heavy (non-hydrogen) atoms. The molecular weight excluding hydrogens is 449 g/mol. The molecule has 0 aliphatic carbocycles. The van der Waals surface area contributed by atoms with Gasteiger partial charge in [-0.25, -0.2) is 0 Å². The molecule has 3 aromatic carbocycles. The van der Waals surface area contributed by atoms with Gasteiger partial charge in [-0.05, 0) is 47.9 Å². The molecule has 3 aromatic rings. The summed E-state index contributed by atoms with van der Waals surface area (Å²) in [7, 11) is 0. The summed E-state index contributed by atoms with van der Waals surface area (Å²) in [5.74, 6) is -2.22. The van der Waals surface area contributed by atoms with Crippen molar-refractivity contribution in [1.82, 2.24) is 0 Å². The van der Waals surface area contributed by atoms with Crippen LogP contribution in [0.25, 0.3) is 0 Å². The summed E-state index contributed by atoms with van der Waals surface area (Å²) in [5.41, 5.74) is 6.60. The number of carbonyl (C=O) groups is 2. The van der Waals surface area contributed by atoms with Gasteiger partial charge >= 0.3 is 12.1 Å². The predicted octanol–water partition coefficient (Wildman–Crippen LogP) is 5.67. The highest BCUT2D eigenvalue weighted by Crippen LogP contribution is 2.43. The van der Waals surface area contributed by atoms with Crippen molar-refractivity contribution in [2.45, 2.75) is 31.9 Å². The summed E-state index contributed by atoms with van der Waals surface area (Å²) in [4.78, 5) is 24.1. The zero-order valence-electron chi connectivity index (χ0n) is 18.1. The highest BCUT2D eigenvalue weighted by Gasteiger charge is 2.36. The summed E-state index contributed by atoms with van der Waals surface area (Å²) in [6, 6.07) is 15.0. The number of nitrogen functional groups attached to an aromatic ring is 1. The van der Waals surface area contributed by atoms with Gasteiger partial charge in [0.05, 0.1) is 17.2 Å². The van der Waals surface area contributed by atoms with Crippen molar-refractivity contribution in [1.29, 1.82) is 0 Å². The fraction of sp³-hybridized carbons (Fsp3) is 0.200. The second-order valence-corrected chi connectivity index (χ2v) is 7.77. The van der Waals surface area contributed by atoms with Crippen molar-refractivity contribution >= 4 is 23.3 Å². The predicted molar refractivity (Wildman–Crippen MR) is 120 cm³/mol. The maximum Gasteiger partial charge on any atom is 0.419 e. The van der Waals surface area contributed by atoms with Crippen LogP contribution in [0.4, 0.5) is 24.5 Å². The number of para-hydroxylation sites is 2. The summed E-state index contributed by atoms with van der Waals surface area (Å²) in [6.45, 7) is 1.57. The van der Waals surface area contributed by atoms with Crippen LogP contribution in [-0.4, -0.2) is 11.9 Å². The molecule has 3 N–H and O–H groups in total. The minimum absolute atomic E-state index is 0.0497. The molecule has 6 nitrogen and oxygen atoms in total. The number of alkyl halides is 3. The molecule has 0 saturated heterocycles. The average molecular weight is 470 g/mol. The van der Waals surface area contributed by atoms with Gasteiger partial charge in [0.2, 0.25) is 5.91 Å². The van der Waals surface area contributed by atoms with E-state index in [1.54, 1.807) is 31.2 Å². The molecule has 9 heteroatoms. The molecule has 0 radical (unpaired) electrons. The number of esters is 1. The normalized spacial score (nSPS) is 14.9. The number of rotatable bonds is 6. The first-order valence-corrected chi connectivity index (χ1v) is 10.5. The van der Waals surface area contributed by atoms with Crippen molar-refractivity contribution in [3.05, 3.63) is 77.4 Å². The molecule has 0 saturated carbocycles. The number of nitrogens with two attached hydrogens (primary N) is 1. The molecule has 1 amide bonds. The third-order valence-electron chi connectivity index (χ3n) is 5.43. The minimum Gasteiger partial charge on any atom is -0.453 e. The molecule has 0 spiro atoms. The van der Waals surface area contributed by atoms with E-state index in [1.165, 1.54) is 30.3 Å². The largest absolute Gasteiger partial charge is 0.453 e. The number of ether oxygens (including phenoxy) is 2. The van der Waals surface area contributed by atoms with E-state index in [0.29, 0.717) is 11.3 Å². The third kappa shape index (κ3) is 4.68. The number of amides is 1. The van der Waals surface area contributed by atoms with Crippen LogP contribution in [0.3, 0.4) is 0 Å². The quantitative estimate of drug-likeness (QED) is 0.275. The zero-order valence-corrected chi connectivity index (χ0v) is 18.1. The van der Waals surface area contributed by atoms with E-state index in [-0.39, 0.29) is 35.9 Å². The minimum atomic E-state index is -4.73.